The van der Waals surface area contributed by atoms with Crippen LogP contribution in [0.25, 0.3) is 10.9 Å². The summed E-state index contributed by atoms with van der Waals surface area (Å²) in [7, 11) is 3.16. The maximum absolute atomic E-state index is 9.90. The van der Waals surface area contributed by atoms with Crippen molar-refractivity contribution in [3.63, 3.8) is 0 Å². The summed E-state index contributed by atoms with van der Waals surface area (Å²) in [6, 6.07) is 3.91. The molecule has 10 nitrogen and oxygen atoms in total. The average molecular weight is 433 g/mol. The van der Waals surface area contributed by atoms with Gasteiger partial charge in [0.15, 0.2) is 11.5 Å². The number of aromatic nitrogens is 2. The van der Waals surface area contributed by atoms with Crippen LogP contribution in [0.15, 0.2) is 23.9 Å². The highest BCUT2D eigenvalue weighted by Crippen LogP contribution is 2.34. The molecular weight excluding hydrogens is 400 g/mol. The number of nitrogen functional groups attached to an aromatic ring is 1. The highest BCUT2D eigenvalue weighted by atomic mass is 16.6. The van der Waals surface area contributed by atoms with Gasteiger partial charge in [0.2, 0.25) is 5.95 Å². The van der Waals surface area contributed by atoms with E-state index in [1.165, 1.54) is 0 Å². The van der Waals surface area contributed by atoms with Crippen molar-refractivity contribution < 1.29 is 19.4 Å². The Morgan fingerprint density at radius 1 is 1.19 bits per heavy atom. The molecule has 1 aliphatic rings. The Morgan fingerprint density at radius 2 is 1.94 bits per heavy atom. The Morgan fingerprint density at radius 3 is 2.58 bits per heavy atom. The van der Waals surface area contributed by atoms with E-state index < -0.39 is 6.10 Å². The molecule has 0 saturated carbocycles. The van der Waals surface area contributed by atoms with Gasteiger partial charge in [-0.3, -0.25) is 10.3 Å². The molecule has 1 aliphatic heterocycles. The Hall–Kier alpha value is -2.82. The fourth-order valence-electron chi connectivity index (χ4n) is 3.21. The molecule has 170 valence electrons. The van der Waals surface area contributed by atoms with Crippen molar-refractivity contribution in [1.82, 2.24) is 20.8 Å². The fraction of sp³-hybridized carbons (Fsp3) is 0.524. The summed E-state index contributed by atoms with van der Waals surface area (Å²) in [5, 5.41) is 13.8. The first-order valence-electron chi connectivity index (χ1n) is 10.3. The van der Waals surface area contributed by atoms with Crippen LogP contribution in [0, 0.1) is 0 Å². The zero-order chi connectivity index (χ0) is 22.4. The van der Waals surface area contributed by atoms with E-state index in [0.29, 0.717) is 54.5 Å². The number of aliphatic hydroxyl groups is 1. The number of hydrogen-bond acceptors (Lipinski definition) is 10. The lowest BCUT2D eigenvalue weighted by molar-refractivity contribution is -0.00708. The normalized spacial score (nSPS) is 15.2. The molecule has 1 atom stereocenters. The van der Waals surface area contributed by atoms with Crippen molar-refractivity contribution >= 4 is 22.7 Å². The number of anilines is 2. The quantitative estimate of drug-likeness (QED) is 0.407. The maximum atomic E-state index is 9.90. The van der Waals surface area contributed by atoms with Crippen molar-refractivity contribution in [2.75, 3.05) is 51.1 Å². The largest absolute Gasteiger partial charge is 0.493 e. The number of hydroxylamine groups is 1. The topological polar surface area (TPSA) is 127 Å². The van der Waals surface area contributed by atoms with E-state index in [1.54, 1.807) is 26.4 Å². The first kappa shape index (κ1) is 22.9. The van der Waals surface area contributed by atoms with Gasteiger partial charge in [-0.05, 0) is 12.1 Å². The molecule has 0 fully saturated rings. The van der Waals surface area contributed by atoms with Gasteiger partial charge in [-0.1, -0.05) is 13.8 Å². The second kappa shape index (κ2) is 10.5. The number of methoxy groups -OCH3 is 2. The van der Waals surface area contributed by atoms with E-state index in [9.17, 15) is 5.11 Å². The van der Waals surface area contributed by atoms with Gasteiger partial charge in [0.1, 0.15) is 12.4 Å². The monoisotopic (exact) mass is 432 g/mol. The average Bonchev–Trinajstić information content (AvgIpc) is 2.77. The summed E-state index contributed by atoms with van der Waals surface area (Å²) < 4.78 is 10.7. The predicted octanol–water partition coefficient (Wildman–Crippen LogP) is 1.20. The van der Waals surface area contributed by atoms with Gasteiger partial charge in [0, 0.05) is 49.2 Å². The molecule has 0 radical (unpaired) electrons. The standard InChI is InChI=1S/C21H32N6O4/c1-13(2)23-11-15(28)12-31-26-14-5-7-27(8-6-14)21-24-17-10-19(30-4)18(29-3)9-16(17)20(22)25-21/h5,9-10,13,15,23,26,28H,6-8,11-12H2,1-4H3,(H2,22,24,25). The molecule has 2 heterocycles. The zero-order valence-corrected chi connectivity index (χ0v) is 18.5. The van der Waals surface area contributed by atoms with Crippen LogP contribution in [-0.2, 0) is 4.84 Å². The Labute approximate surface area is 182 Å². The second-order valence-corrected chi connectivity index (χ2v) is 7.69. The number of nitrogens with one attached hydrogen (secondary N) is 2. The molecule has 5 N–H and O–H groups in total. The lowest BCUT2D eigenvalue weighted by Crippen LogP contribution is -2.37. The summed E-state index contributed by atoms with van der Waals surface area (Å²) in [5.74, 6) is 2.12. The lowest BCUT2D eigenvalue weighted by Gasteiger charge is -2.27. The molecule has 0 saturated heterocycles. The fourth-order valence-corrected chi connectivity index (χ4v) is 3.21. The summed E-state index contributed by atoms with van der Waals surface area (Å²) in [6.07, 6.45) is 2.17. The number of aliphatic hydroxyl groups excluding tert-OH is 1. The van der Waals surface area contributed by atoms with Gasteiger partial charge in [0.25, 0.3) is 0 Å². The molecule has 1 aromatic carbocycles. The molecule has 31 heavy (non-hydrogen) atoms. The number of rotatable bonds is 10. The molecule has 0 aliphatic carbocycles. The minimum absolute atomic E-state index is 0.205. The minimum atomic E-state index is -0.569. The smallest absolute Gasteiger partial charge is 0.228 e. The molecule has 0 amide bonds. The van der Waals surface area contributed by atoms with Crippen LogP contribution in [-0.4, -0.2) is 67.7 Å². The summed E-state index contributed by atoms with van der Waals surface area (Å²) in [5.41, 5.74) is 10.8. The highest BCUT2D eigenvalue weighted by molar-refractivity contribution is 5.91. The van der Waals surface area contributed by atoms with Crippen LogP contribution in [0.5, 0.6) is 11.5 Å². The number of ether oxygens (including phenoxy) is 2. The summed E-state index contributed by atoms with van der Waals surface area (Å²) >= 11 is 0. The van der Waals surface area contributed by atoms with E-state index in [4.69, 9.17) is 20.0 Å². The van der Waals surface area contributed by atoms with E-state index in [2.05, 4.69) is 20.8 Å². The van der Waals surface area contributed by atoms with E-state index in [0.717, 1.165) is 17.5 Å². The number of hydrogen-bond donors (Lipinski definition) is 4. The minimum Gasteiger partial charge on any atom is -0.493 e. The van der Waals surface area contributed by atoms with Crippen LogP contribution >= 0.6 is 0 Å². The Bertz CT molecular complexity index is 920. The van der Waals surface area contributed by atoms with Crippen molar-refractivity contribution in [3.8, 4) is 11.5 Å². The van der Waals surface area contributed by atoms with E-state index in [-0.39, 0.29) is 6.61 Å². The maximum Gasteiger partial charge on any atom is 0.228 e. The molecule has 2 aromatic rings. The van der Waals surface area contributed by atoms with Crippen molar-refractivity contribution in [1.29, 1.82) is 0 Å². The highest BCUT2D eigenvalue weighted by Gasteiger charge is 2.18. The number of benzene rings is 1. The number of fused-ring (bicyclic) bond motifs is 1. The van der Waals surface area contributed by atoms with Crippen molar-refractivity contribution in [2.45, 2.75) is 32.4 Å². The Kier molecular flexibility index (Phi) is 7.72. The van der Waals surface area contributed by atoms with E-state index >= 15 is 0 Å². The lowest BCUT2D eigenvalue weighted by atomic mass is 10.2. The third-order valence-electron chi connectivity index (χ3n) is 4.95. The third kappa shape index (κ3) is 5.87. The van der Waals surface area contributed by atoms with Gasteiger partial charge in [-0.25, -0.2) is 4.98 Å². The third-order valence-corrected chi connectivity index (χ3v) is 4.95. The van der Waals surface area contributed by atoms with Crippen molar-refractivity contribution in [3.05, 3.63) is 23.9 Å². The van der Waals surface area contributed by atoms with Gasteiger partial charge in [-0.15, -0.1) is 0 Å². The molecule has 1 unspecified atom stereocenters. The van der Waals surface area contributed by atoms with E-state index in [1.807, 2.05) is 24.8 Å². The first-order valence-corrected chi connectivity index (χ1v) is 10.3. The van der Waals surface area contributed by atoms with Crippen LogP contribution in [0.2, 0.25) is 0 Å². The Balaban J connectivity index is 1.61. The SMILES string of the molecule is COc1cc2nc(N3CC=C(NOCC(O)CNC(C)C)CC3)nc(N)c2cc1OC. The number of nitrogens with zero attached hydrogens (tertiary/aromatic N) is 3. The van der Waals surface area contributed by atoms with Crippen LogP contribution in [0.3, 0.4) is 0 Å². The van der Waals surface area contributed by atoms with Crippen LogP contribution < -0.4 is 30.9 Å². The molecule has 10 heteroatoms. The summed E-state index contributed by atoms with van der Waals surface area (Å²) in [6.45, 7) is 6.08. The van der Waals surface area contributed by atoms with Gasteiger partial charge >= 0.3 is 0 Å². The summed E-state index contributed by atoms with van der Waals surface area (Å²) in [4.78, 5) is 16.6. The van der Waals surface area contributed by atoms with Crippen LogP contribution in [0.4, 0.5) is 11.8 Å². The van der Waals surface area contributed by atoms with Crippen molar-refractivity contribution in [2.24, 2.45) is 0 Å². The predicted molar refractivity (Wildman–Crippen MR) is 120 cm³/mol. The van der Waals surface area contributed by atoms with Gasteiger partial charge in [0.05, 0.1) is 25.8 Å². The molecule has 3 rings (SSSR count). The first-order chi connectivity index (χ1) is 14.9. The van der Waals surface area contributed by atoms with Gasteiger partial charge in [-0.2, -0.15) is 4.98 Å². The van der Waals surface area contributed by atoms with Gasteiger partial charge < -0.3 is 30.5 Å². The number of nitrogens with two attached hydrogens (primary N) is 1. The molecule has 1 aromatic heterocycles. The molecule has 0 spiro atoms. The zero-order valence-electron chi connectivity index (χ0n) is 18.5. The molecular formula is C21H32N6O4. The molecule has 0 bridgehead atoms. The second-order valence-electron chi connectivity index (χ2n) is 7.69. The van der Waals surface area contributed by atoms with Crippen LogP contribution in [0.1, 0.15) is 20.3 Å².